The lowest BCUT2D eigenvalue weighted by Gasteiger charge is -1.73. The Kier molecular flexibility index (Phi) is 3.45. The van der Waals surface area contributed by atoms with Gasteiger partial charge >= 0.3 is 0 Å². The molecule has 0 heterocycles. The number of rotatable bonds is 1. The highest BCUT2D eigenvalue weighted by Gasteiger charge is 1.53. The molecule has 0 aromatic carbocycles. The summed E-state index contributed by atoms with van der Waals surface area (Å²) in [5.41, 5.74) is 0. The van der Waals surface area contributed by atoms with Gasteiger partial charge in [0.05, 0.1) is 6.00 Å². The van der Waals surface area contributed by atoms with Crippen LogP contribution >= 0.6 is 11.6 Å². The third-order valence-corrected chi connectivity index (χ3v) is 0.401. The van der Waals surface area contributed by atoms with Gasteiger partial charge in [-0.15, -0.1) is 11.6 Å². The van der Waals surface area contributed by atoms with Gasteiger partial charge in [-0.2, -0.15) is 0 Å². The molecule has 0 aromatic rings. The van der Waals surface area contributed by atoms with E-state index in [1.54, 1.807) is 7.05 Å². The highest BCUT2D eigenvalue weighted by Crippen LogP contribution is 1.55. The number of nitrogens with one attached hydrogen (secondary N) is 1. The minimum atomic E-state index is 0.542. The molecule has 0 amide bonds. The number of hydrogen-bond acceptors (Lipinski definition) is 1. The summed E-state index contributed by atoms with van der Waals surface area (Å²) < 4.78 is 0. The van der Waals surface area contributed by atoms with Crippen LogP contribution < -0.4 is 5.32 Å². The Balaban J connectivity index is 1.97. The summed E-state index contributed by atoms with van der Waals surface area (Å²) >= 11 is 5.07. The Morgan fingerprint density at radius 2 is 2.25 bits per heavy atom. The normalized spacial score (nSPS) is 7.50. The SMILES string of the molecule is CNCCl. The summed E-state index contributed by atoms with van der Waals surface area (Å²) in [6, 6.07) is 0.542. The van der Waals surface area contributed by atoms with Crippen molar-refractivity contribution in [2.75, 3.05) is 13.1 Å². The first-order chi connectivity index (χ1) is 1.91. The van der Waals surface area contributed by atoms with Crippen molar-refractivity contribution in [3.8, 4) is 0 Å². The van der Waals surface area contributed by atoms with Crippen molar-refractivity contribution in [1.82, 2.24) is 5.32 Å². The van der Waals surface area contributed by atoms with Crippen molar-refractivity contribution >= 4 is 11.6 Å². The molecule has 1 N–H and O–H groups in total. The van der Waals surface area contributed by atoms with Crippen molar-refractivity contribution in [2.24, 2.45) is 0 Å². The van der Waals surface area contributed by atoms with E-state index in [-0.39, 0.29) is 0 Å². The quantitative estimate of drug-likeness (QED) is 0.354. The van der Waals surface area contributed by atoms with Gasteiger partial charge in [0.2, 0.25) is 0 Å². The third kappa shape index (κ3) is 2.25. The Bertz CT molecular complexity index is 8.00. The predicted molar refractivity (Wildman–Crippen MR) is 19.8 cm³/mol. The number of halogens is 1. The third-order valence-electron chi connectivity index (χ3n) is 0.134. The average molecular weight is 79.5 g/mol. The predicted octanol–water partition coefficient (Wildman–Crippen LogP) is 0.402. The van der Waals surface area contributed by atoms with Gasteiger partial charge in [-0.25, -0.2) is 0 Å². The lowest BCUT2D eigenvalue weighted by Crippen LogP contribution is -1.98. The smallest absolute Gasteiger partial charge is 0.0710 e. The maximum Gasteiger partial charge on any atom is 0.0710 e. The van der Waals surface area contributed by atoms with Crippen LogP contribution in [0.5, 0.6) is 0 Å². The lowest BCUT2D eigenvalue weighted by molar-refractivity contribution is 0.975. The van der Waals surface area contributed by atoms with Gasteiger partial charge in [-0.05, 0) is 7.05 Å². The van der Waals surface area contributed by atoms with Crippen LogP contribution in [-0.4, -0.2) is 13.1 Å². The van der Waals surface area contributed by atoms with E-state index in [4.69, 9.17) is 11.6 Å². The molecule has 2 heteroatoms. The molecule has 0 saturated carbocycles. The van der Waals surface area contributed by atoms with E-state index in [2.05, 4.69) is 5.32 Å². The molecule has 0 aliphatic rings. The lowest BCUT2D eigenvalue weighted by atomic mass is 11.3. The molecule has 0 fully saturated rings. The zero-order valence-corrected chi connectivity index (χ0v) is 3.34. The van der Waals surface area contributed by atoms with Crippen LogP contribution in [-0.2, 0) is 0 Å². The zero-order chi connectivity index (χ0) is 3.41. The van der Waals surface area contributed by atoms with E-state index in [0.29, 0.717) is 6.00 Å². The van der Waals surface area contributed by atoms with Crippen molar-refractivity contribution in [1.29, 1.82) is 0 Å². The Morgan fingerprint density at radius 3 is 2.25 bits per heavy atom. The Labute approximate surface area is 31.0 Å². The van der Waals surface area contributed by atoms with Gasteiger partial charge in [0.25, 0.3) is 0 Å². The fraction of sp³-hybridized carbons (Fsp3) is 1.00. The first-order valence-electron chi connectivity index (χ1n) is 1.12. The minimum Gasteiger partial charge on any atom is -0.307 e. The molecule has 0 radical (unpaired) electrons. The van der Waals surface area contributed by atoms with Crippen molar-refractivity contribution in [2.45, 2.75) is 0 Å². The number of alkyl halides is 1. The monoisotopic (exact) mass is 79.0 g/mol. The molecule has 0 atom stereocenters. The standard InChI is InChI=1S/C2H6ClN/c1-4-2-3/h4H,2H2,1H3. The van der Waals surface area contributed by atoms with E-state index >= 15 is 0 Å². The second-order valence-corrected chi connectivity index (χ2v) is 0.754. The highest BCUT2D eigenvalue weighted by molar-refractivity contribution is 6.17. The van der Waals surface area contributed by atoms with Crippen LogP contribution in [0.2, 0.25) is 0 Å². The Hall–Kier alpha value is 0.250. The second kappa shape index (κ2) is 3.25. The molecule has 1 nitrogen and oxygen atoms in total. The van der Waals surface area contributed by atoms with Crippen LogP contribution in [0.3, 0.4) is 0 Å². The van der Waals surface area contributed by atoms with Gasteiger partial charge in [0, 0.05) is 0 Å². The second-order valence-electron chi connectivity index (χ2n) is 0.487. The van der Waals surface area contributed by atoms with E-state index in [1.807, 2.05) is 0 Å². The molecule has 26 valence electrons. The fourth-order valence-electron chi connectivity index (χ4n) is 0. The van der Waals surface area contributed by atoms with E-state index in [9.17, 15) is 0 Å². The minimum absolute atomic E-state index is 0.542. The van der Waals surface area contributed by atoms with E-state index < -0.39 is 0 Å². The first-order valence-corrected chi connectivity index (χ1v) is 1.66. The molecule has 0 rings (SSSR count). The summed E-state index contributed by atoms with van der Waals surface area (Å²) in [5.74, 6) is 0. The average Bonchev–Trinajstić information content (AvgIpc) is 1.37. The molecule has 0 aromatic heterocycles. The maximum atomic E-state index is 5.07. The summed E-state index contributed by atoms with van der Waals surface area (Å²) in [5, 5.41) is 2.70. The van der Waals surface area contributed by atoms with E-state index in [1.165, 1.54) is 0 Å². The molecule has 0 spiro atoms. The van der Waals surface area contributed by atoms with Gasteiger partial charge in [-0.3, -0.25) is 0 Å². The zero-order valence-electron chi connectivity index (χ0n) is 2.59. The molecule has 0 aliphatic carbocycles. The van der Waals surface area contributed by atoms with Crippen LogP contribution in [0.25, 0.3) is 0 Å². The molecular weight excluding hydrogens is 73.5 g/mol. The Morgan fingerprint density at radius 1 is 2.00 bits per heavy atom. The summed E-state index contributed by atoms with van der Waals surface area (Å²) in [7, 11) is 1.80. The molecule has 0 aliphatic heterocycles. The molecular formula is C2H6ClN. The van der Waals surface area contributed by atoms with Crippen LogP contribution in [0.4, 0.5) is 0 Å². The molecule has 4 heavy (non-hydrogen) atoms. The van der Waals surface area contributed by atoms with Crippen molar-refractivity contribution < 1.29 is 0 Å². The van der Waals surface area contributed by atoms with Gasteiger partial charge in [-0.1, -0.05) is 0 Å². The summed E-state index contributed by atoms with van der Waals surface area (Å²) in [6.45, 7) is 0. The van der Waals surface area contributed by atoms with Crippen LogP contribution in [0.1, 0.15) is 0 Å². The fourth-order valence-corrected chi connectivity index (χ4v) is 0. The highest BCUT2D eigenvalue weighted by atomic mass is 35.5. The summed E-state index contributed by atoms with van der Waals surface area (Å²) in [6.07, 6.45) is 0. The topological polar surface area (TPSA) is 12.0 Å². The first kappa shape index (κ1) is 4.25. The van der Waals surface area contributed by atoms with Gasteiger partial charge in [0.1, 0.15) is 0 Å². The largest absolute Gasteiger partial charge is 0.307 e. The molecule has 0 bridgehead atoms. The van der Waals surface area contributed by atoms with Gasteiger partial charge in [0.15, 0.2) is 0 Å². The molecule has 0 unspecified atom stereocenters. The van der Waals surface area contributed by atoms with Crippen LogP contribution in [0, 0.1) is 0 Å². The maximum absolute atomic E-state index is 5.07. The number of hydrogen-bond donors (Lipinski definition) is 1. The van der Waals surface area contributed by atoms with Crippen LogP contribution in [0.15, 0.2) is 0 Å². The van der Waals surface area contributed by atoms with Crippen molar-refractivity contribution in [3.63, 3.8) is 0 Å². The summed E-state index contributed by atoms with van der Waals surface area (Å²) in [4.78, 5) is 0. The van der Waals surface area contributed by atoms with Gasteiger partial charge < -0.3 is 5.32 Å². The molecule has 0 saturated heterocycles. The van der Waals surface area contributed by atoms with Crippen molar-refractivity contribution in [3.05, 3.63) is 0 Å². The van der Waals surface area contributed by atoms with E-state index in [0.717, 1.165) is 0 Å².